The minimum Gasteiger partial charge on any atom is -0.463 e. The lowest BCUT2D eigenvalue weighted by Gasteiger charge is -2.30. The van der Waals surface area contributed by atoms with Gasteiger partial charge in [-0.25, -0.2) is 0 Å². The molecule has 2 N–H and O–H groups in total. The van der Waals surface area contributed by atoms with Crippen molar-refractivity contribution in [3.8, 4) is 35.4 Å². The zero-order valence-electron chi connectivity index (χ0n) is 22.4. The van der Waals surface area contributed by atoms with Crippen LogP contribution >= 0.6 is 23.5 Å². The molecule has 2 aliphatic carbocycles. The third-order valence-electron chi connectivity index (χ3n) is 8.98. The molecule has 7 rings (SSSR count). The Hall–Kier alpha value is -3.02. The monoisotopic (exact) mass is 572 g/mol. The minimum absolute atomic E-state index is 0.0756. The van der Waals surface area contributed by atoms with E-state index in [-0.39, 0.29) is 24.0 Å². The van der Waals surface area contributed by atoms with Gasteiger partial charge >= 0.3 is 0 Å². The molecule has 0 amide bonds. The third kappa shape index (κ3) is 5.10. The van der Waals surface area contributed by atoms with E-state index in [2.05, 4.69) is 51.8 Å². The van der Waals surface area contributed by atoms with Crippen LogP contribution in [0.4, 0.5) is 0 Å². The van der Waals surface area contributed by atoms with E-state index in [1.165, 1.54) is 49.1 Å². The molecule has 206 valence electrons. The van der Waals surface area contributed by atoms with Crippen molar-refractivity contribution < 1.29 is 9.47 Å². The first-order chi connectivity index (χ1) is 19.7. The second-order valence-electron chi connectivity index (χ2n) is 11.5. The van der Waals surface area contributed by atoms with Crippen molar-refractivity contribution in [1.29, 1.82) is 0 Å². The van der Waals surface area contributed by atoms with Crippen LogP contribution in [0, 0.1) is 23.7 Å². The number of nitrogens with zero attached hydrogens (tertiary/aromatic N) is 4. The first kappa shape index (κ1) is 25.9. The number of fused-ring (bicyclic) bond motifs is 4. The van der Waals surface area contributed by atoms with Gasteiger partial charge in [-0.3, -0.25) is 0 Å². The highest BCUT2D eigenvalue weighted by Crippen LogP contribution is 2.46. The Balaban J connectivity index is 0.914. The summed E-state index contributed by atoms with van der Waals surface area (Å²) in [4.78, 5) is 0. The van der Waals surface area contributed by atoms with Crippen LogP contribution in [0.5, 0.6) is 11.8 Å². The molecule has 10 heteroatoms. The van der Waals surface area contributed by atoms with Crippen molar-refractivity contribution in [2.45, 2.75) is 74.3 Å². The average molecular weight is 573 g/mol. The van der Waals surface area contributed by atoms with E-state index in [0.29, 0.717) is 23.8 Å². The molecule has 4 fully saturated rings. The zero-order valence-corrected chi connectivity index (χ0v) is 24.0. The second-order valence-corrected chi connectivity index (χ2v) is 12.6. The first-order valence-corrected chi connectivity index (χ1v) is 15.6. The third-order valence-corrected chi connectivity index (χ3v) is 10.0. The molecule has 8 nitrogen and oxygen atoms in total. The van der Waals surface area contributed by atoms with Crippen LogP contribution < -0.4 is 20.1 Å². The molecule has 2 aliphatic heterocycles. The molecule has 0 spiro atoms. The molecule has 2 aromatic heterocycles. The molecule has 2 saturated heterocycles. The fourth-order valence-corrected chi connectivity index (χ4v) is 8.21. The number of aromatic nitrogens is 4. The van der Waals surface area contributed by atoms with Gasteiger partial charge in [0, 0.05) is 47.1 Å². The van der Waals surface area contributed by atoms with Gasteiger partial charge in [0.15, 0.2) is 13.2 Å². The number of hydrogen-bond donors (Lipinski definition) is 2. The number of benzene rings is 1. The zero-order chi connectivity index (χ0) is 26.8. The van der Waals surface area contributed by atoms with Crippen LogP contribution in [0.15, 0.2) is 24.3 Å². The summed E-state index contributed by atoms with van der Waals surface area (Å²) in [5, 5.41) is 7.28. The molecule has 4 heterocycles. The molecule has 40 heavy (non-hydrogen) atoms. The average Bonchev–Trinajstić information content (AvgIpc) is 3.77. The van der Waals surface area contributed by atoms with Crippen molar-refractivity contribution in [3.05, 3.63) is 46.8 Å². The second kappa shape index (κ2) is 11.1. The predicted octanol–water partition coefficient (Wildman–Crippen LogP) is 3.82. The topological polar surface area (TPSA) is 94.1 Å². The van der Waals surface area contributed by atoms with Crippen molar-refractivity contribution in [2.75, 3.05) is 26.3 Å². The lowest BCUT2D eigenvalue weighted by molar-refractivity contribution is 0.308. The molecule has 3 aromatic rings. The van der Waals surface area contributed by atoms with E-state index < -0.39 is 0 Å². The Kier molecular flexibility index (Phi) is 7.19. The smallest absolute Gasteiger partial charge is 0.250 e. The van der Waals surface area contributed by atoms with E-state index in [4.69, 9.17) is 9.47 Å². The molecular weight excluding hydrogens is 541 g/mol. The van der Waals surface area contributed by atoms with Crippen LogP contribution in [-0.2, 0) is 10.8 Å². The van der Waals surface area contributed by atoms with Crippen LogP contribution in [0.3, 0.4) is 0 Å². The summed E-state index contributed by atoms with van der Waals surface area (Å²) in [6, 6.07) is 9.12. The van der Waals surface area contributed by atoms with Gasteiger partial charge in [0.1, 0.15) is 11.4 Å². The lowest BCUT2D eigenvalue weighted by atomic mass is 9.73. The summed E-state index contributed by atoms with van der Waals surface area (Å²) in [6.45, 7) is 2.51. The molecule has 0 radical (unpaired) electrons. The van der Waals surface area contributed by atoms with E-state index >= 15 is 0 Å². The molecular formula is C30H32N6O2S2. The van der Waals surface area contributed by atoms with Gasteiger partial charge in [-0.1, -0.05) is 36.5 Å². The molecule has 1 aromatic carbocycles. The Bertz CT molecular complexity index is 1360. The maximum atomic E-state index is 5.97. The summed E-state index contributed by atoms with van der Waals surface area (Å²) < 4.78 is 30.0. The maximum Gasteiger partial charge on any atom is 0.250 e. The fraction of sp³-hybridized carbons (Fsp3) is 0.533. The Morgan fingerprint density at radius 1 is 0.725 bits per heavy atom. The van der Waals surface area contributed by atoms with Crippen LogP contribution in [0.1, 0.15) is 73.9 Å². The molecule has 4 unspecified atom stereocenters. The summed E-state index contributed by atoms with van der Waals surface area (Å²) >= 11 is 2.47. The predicted molar refractivity (Wildman–Crippen MR) is 155 cm³/mol. The SMILES string of the molecule is C(#Cc1ccc(C#CCOc2nsnc2C23CCCC(C2)NC3)cc1)COc1nsnc1C12CCCC(C1)NC2. The van der Waals surface area contributed by atoms with E-state index in [1.807, 2.05) is 24.3 Å². The van der Waals surface area contributed by atoms with Gasteiger partial charge in [0.05, 0.1) is 23.5 Å². The Morgan fingerprint density at radius 3 is 1.68 bits per heavy atom. The normalized spacial score (nSPS) is 28.3. The number of rotatable bonds is 6. The maximum absolute atomic E-state index is 5.97. The molecule has 4 bridgehead atoms. The molecule has 2 saturated carbocycles. The van der Waals surface area contributed by atoms with E-state index in [0.717, 1.165) is 61.3 Å². The summed E-state index contributed by atoms with van der Waals surface area (Å²) in [5.41, 5.74) is 4.02. The van der Waals surface area contributed by atoms with Crippen molar-refractivity contribution in [2.24, 2.45) is 0 Å². The Morgan fingerprint density at radius 2 is 1.20 bits per heavy atom. The highest BCUT2D eigenvalue weighted by Gasteiger charge is 2.47. The summed E-state index contributed by atoms with van der Waals surface area (Å²) in [6.07, 6.45) is 9.51. The minimum atomic E-state index is 0.0756. The van der Waals surface area contributed by atoms with Crippen LogP contribution in [0.25, 0.3) is 0 Å². The van der Waals surface area contributed by atoms with Gasteiger partial charge in [0.25, 0.3) is 11.8 Å². The van der Waals surface area contributed by atoms with Crippen molar-refractivity contribution in [1.82, 2.24) is 28.1 Å². The van der Waals surface area contributed by atoms with E-state index in [1.54, 1.807) is 0 Å². The molecule has 4 atom stereocenters. The number of ether oxygens (including phenoxy) is 2. The van der Waals surface area contributed by atoms with Gasteiger partial charge in [-0.15, -0.1) is 8.75 Å². The van der Waals surface area contributed by atoms with Gasteiger partial charge in [0.2, 0.25) is 0 Å². The largest absolute Gasteiger partial charge is 0.463 e. The van der Waals surface area contributed by atoms with Gasteiger partial charge < -0.3 is 20.1 Å². The van der Waals surface area contributed by atoms with E-state index in [9.17, 15) is 0 Å². The summed E-state index contributed by atoms with van der Waals surface area (Å²) in [5.74, 6) is 13.9. The fourth-order valence-electron chi connectivity index (χ4n) is 6.99. The number of nitrogens with one attached hydrogen (secondary N) is 2. The standard InChI is InChI=1S/C30H32N6O2S2/c1-7-23-17-29(13-1,19-31-23)25-27(35-39-33-25)37-15-3-5-21-9-11-22(12-10-21)6-4-16-38-28-26(34-40-36-28)30-14-2-8-24(18-30)32-20-30/h9-12,23-24,31-32H,1-2,7-8,13-20H2. The van der Waals surface area contributed by atoms with Crippen molar-refractivity contribution >= 4 is 23.5 Å². The quantitative estimate of drug-likeness (QED) is 0.431. The highest BCUT2D eigenvalue weighted by atomic mass is 32.1. The lowest BCUT2D eigenvalue weighted by Crippen LogP contribution is -2.30. The van der Waals surface area contributed by atoms with Crippen LogP contribution in [-0.4, -0.2) is 55.9 Å². The molecule has 4 aliphatic rings. The Labute approximate surface area is 243 Å². The van der Waals surface area contributed by atoms with Gasteiger partial charge in [-0.2, -0.15) is 8.75 Å². The van der Waals surface area contributed by atoms with Gasteiger partial charge in [-0.05, 0) is 62.8 Å². The van der Waals surface area contributed by atoms with Crippen molar-refractivity contribution in [3.63, 3.8) is 0 Å². The van der Waals surface area contributed by atoms with Crippen LogP contribution in [0.2, 0.25) is 0 Å². The number of hydrogen-bond acceptors (Lipinski definition) is 10. The first-order valence-electron chi connectivity index (χ1n) is 14.2. The highest BCUT2D eigenvalue weighted by molar-refractivity contribution is 6.99. The summed E-state index contributed by atoms with van der Waals surface area (Å²) in [7, 11) is 0.